The van der Waals surface area contributed by atoms with Gasteiger partial charge in [0.05, 0.1) is 17.5 Å². The summed E-state index contributed by atoms with van der Waals surface area (Å²) in [5.41, 5.74) is 3.21. The van der Waals surface area contributed by atoms with E-state index in [1.165, 1.54) is 18.7 Å². The third-order valence-electron chi connectivity index (χ3n) is 4.14. The number of nitrogens with zero attached hydrogens (tertiary/aromatic N) is 2. The molecule has 0 atom stereocenters. The lowest BCUT2D eigenvalue weighted by Crippen LogP contribution is -2.25. The number of rotatable bonds is 6. The first-order chi connectivity index (χ1) is 10.2. The molecule has 4 nitrogen and oxygen atoms in total. The minimum Gasteiger partial charge on any atom is -0.356 e. The van der Waals surface area contributed by atoms with Gasteiger partial charge in [-0.15, -0.1) is 0 Å². The largest absolute Gasteiger partial charge is 0.356 e. The van der Waals surface area contributed by atoms with Gasteiger partial charge in [0.1, 0.15) is 5.82 Å². The summed E-state index contributed by atoms with van der Waals surface area (Å²) in [6.07, 6.45) is 5.09. The van der Waals surface area contributed by atoms with E-state index in [0.29, 0.717) is 12.3 Å². The Labute approximate surface area is 125 Å². The van der Waals surface area contributed by atoms with E-state index in [0.717, 1.165) is 36.0 Å². The molecule has 0 saturated heterocycles. The molecule has 0 aliphatic heterocycles. The van der Waals surface area contributed by atoms with Crippen molar-refractivity contribution < 1.29 is 4.79 Å². The Balaban J connectivity index is 1.73. The van der Waals surface area contributed by atoms with Crippen LogP contribution in [-0.2, 0) is 18.3 Å². The van der Waals surface area contributed by atoms with Crippen molar-refractivity contribution in [3.8, 4) is 0 Å². The van der Waals surface area contributed by atoms with Gasteiger partial charge < -0.3 is 9.88 Å². The third-order valence-corrected chi connectivity index (χ3v) is 4.14. The third kappa shape index (κ3) is 3.09. The molecule has 1 fully saturated rings. The number of carbonyl (C=O) groups is 1. The van der Waals surface area contributed by atoms with Crippen LogP contribution in [0.2, 0.25) is 0 Å². The molecule has 0 unspecified atom stereocenters. The SMILES string of the molecule is CCCCNC(=O)Cc1ccc2c(c1)nc(C1CC1)n2C. The zero-order valence-electron chi connectivity index (χ0n) is 12.9. The van der Waals surface area contributed by atoms with Crippen molar-refractivity contribution in [3.05, 3.63) is 29.6 Å². The fraction of sp³-hybridized carbons (Fsp3) is 0.529. The van der Waals surface area contributed by atoms with E-state index in [4.69, 9.17) is 4.98 Å². The van der Waals surface area contributed by atoms with Crippen molar-refractivity contribution >= 4 is 16.9 Å². The van der Waals surface area contributed by atoms with Gasteiger partial charge in [0.2, 0.25) is 5.91 Å². The number of hydrogen-bond acceptors (Lipinski definition) is 2. The van der Waals surface area contributed by atoms with Crippen molar-refractivity contribution in [2.75, 3.05) is 6.54 Å². The highest BCUT2D eigenvalue weighted by molar-refractivity contribution is 5.82. The maximum Gasteiger partial charge on any atom is 0.224 e. The molecule has 1 aliphatic carbocycles. The molecule has 1 aromatic heterocycles. The minimum absolute atomic E-state index is 0.0983. The lowest BCUT2D eigenvalue weighted by atomic mass is 10.1. The fourth-order valence-corrected chi connectivity index (χ4v) is 2.73. The number of hydrogen-bond donors (Lipinski definition) is 1. The van der Waals surface area contributed by atoms with Gasteiger partial charge >= 0.3 is 0 Å². The van der Waals surface area contributed by atoms with E-state index in [2.05, 4.69) is 36.0 Å². The number of benzene rings is 1. The van der Waals surface area contributed by atoms with Crippen LogP contribution in [0, 0.1) is 0 Å². The van der Waals surface area contributed by atoms with Crippen LogP contribution in [0.5, 0.6) is 0 Å². The molecular weight excluding hydrogens is 262 g/mol. The minimum atomic E-state index is 0.0983. The summed E-state index contributed by atoms with van der Waals surface area (Å²) in [7, 11) is 2.08. The van der Waals surface area contributed by atoms with Gasteiger partial charge in [-0.1, -0.05) is 19.4 Å². The highest BCUT2D eigenvalue weighted by atomic mass is 16.1. The molecule has 0 bridgehead atoms. The van der Waals surface area contributed by atoms with E-state index < -0.39 is 0 Å². The monoisotopic (exact) mass is 285 g/mol. The molecule has 4 heteroatoms. The first kappa shape index (κ1) is 14.1. The summed E-state index contributed by atoms with van der Waals surface area (Å²) < 4.78 is 2.19. The predicted molar refractivity (Wildman–Crippen MR) is 84.3 cm³/mol. The molecule has 3 rings (SSSR count). The maximum atomic E-state index is 11.9. The van der Waals surface area contributed by atoms with E-state index in [1.807, 2.05) is 6.07 Å². The maximum absolute atomic E-state index is 11.9. The van der Waals surface area contributed by atoms with Crippen LogP contribution in [0.15, 0.2) is 18.2 Å². The van der Waals surface area contributed by atoms with Gasteiger partial charge in [0.15, 0.2) is 0 Å². The van der Waals surface area contributed by atoms with Gasteiger partial charge in [-0.3, -0.25) is 4.79 Å². The summed E-state index contributed by atoms with van der Waals surface area (Å²) >= 11 is 0. The Morgan fingerprint density at radius 3 is 2.95 bits per heavy atom. The Bertz CT molecular complexity index is 655. The molecule has 1 aliphatic rings. The molecule has 1 heterocycles. The van der Waals surface area contributed by atoms with Crippen LogP contribution in [-0.4, -0.2) is 22.0 Å². The topological polar surface area (TPSA) is 46.9 Å². The van der Waals surface area contributed by atoms with E-state index in [1.54, 1.807) is 0 Å². The quantitative estimate of drug-likeness (QED) is 0.830. The summed E-state index contributed by atoms with van der Waals surface area (Å²) in [6, 6.07) is 6.18. The Kier molecular flexibility index (Phi) is 3.95. The average molecular weight is 285 g/mol. The van der Waals surface area contributed by atoms with Gasteiger partial charge in [0.25, 0.3) is 0 Å². The summed E-state index contributed by atoms with van der Waals surface area (Å²) in [4.78, 5) is 16.6. The van der Waals surface area contributed by atoms with Gasteiger partial charge in [-0.25, -0.2) is 4.98 Å². The Morgan fingerprint density at radius 2 is 2.24 bits per heavy atom. The number of fused-ring (bicyclic) bond motifs is 1. The molecule has 1 amide bonds. The van der Waals surface area contributed by atoms with E-state index in [-0.39, 0.29) is 5.91 Å². The standard InChI is InChI=1S/C17H23N3O/c1-3-4-9-18-16(21)11-12-5-8-15-14(10-12)19-17(20(15)2)13-6-7-13/h5,8,10,13H,3-4,6-7,9,11H2,1-2H3,(H,18,21). The van der Waals surface area contributed by atoms with Crippen LogP contribution >= 0.6 is 0 Å². The smallest absolute Gasteiger partial charge is 0.224 e. The molecular formula is C17H23N3O. The van der Waals surface area contributed by atoms with Crippen LogP contribution in [0.4, 0.5) is 0 Å². The molecule has 0 spiro atoms. The lowest BCUT2D eigenvalue weighted by Gasteiger charge is -2.04. The van der Waals surface area contributed by atoms with Crippen LogP contribution in [0.1, 0.15) is 49.9 Å². The van der Waals surface area contributed by atoms with E-state index in [9.17, 15) is 4.79 Å². The zero-order valence-corrected chi connectivity index (χ0v) is 12.9. The molecule has 21 heavy (non-hydrogen) atoms. The van der Waals surface area contributed by atoms with Crippen LogP contribution in [0.3, 0.4) is 0 Å². The van der Waals surface area contributed by atoms with Crippen LogP contribution < -0.4 is 5.32 Å². The molecule has 2 aromatic rings. The normalized spacial score (nSPS) is 14.6. The predicted octanol–water partition coefficient (Wildman–Crippen LogP) is 2.91. The number of aromatic nitrogens is 2. The fourth-order valence-electron chi connectivity index (χ4n) is 2.73. The van der Waals surface area contributed by atoms with Crippen molar-refractivity contribution in [2.45, 2.75) is 44.9 Å². The molecule has 112 valence electrons. The number of aryl methyl sites for hydroxylation is 1. The van der Waals surface area contributed by atoms with Gasteiger partial charge in [-0.05, 0) is 37.0 Å². The average Bonchev–Trinajstić information content (AvgIpc) is 3.25. The molecule has 1 N–H and O–H groups in total. The van der Waals surface area contributed by atoms with Crippen molar-refractivity contribution in [1.82, 2.24) is 14.9 Å². The van der Waals surface area contributed by atoms with E-state index >= 15 is 0 Å². The first-order valence-electron chi connectivity index (χ1n) is 7.91. The molecule has 0 radical (unpaired) electrons. The highest BCUT2D eigenvalue weighted by Gasteiger charge is 2.28. The van der Waals surface area contributed by atoms with Gasteiger partial charge in [0, 0.05) is 19.5 Å². The second kappa shape index (κ2) is 5.88. The number of amides is 1. The zero-order chi connectivity index (χ0) is 14.8. The highest BCUT2D eigenvalue weighted by Crippen LogP contribution is 2.40. The number of imidazole rings is 1. The lowest BCUT2D eigenvalue weighted by molar-refractivity contribution is -0.120. The summed E-state index contributed by atoms with van der Waals surface area (Å²) in [5, 5.41) is 2.96. The second-order valence-electron chi connectivity index (χ2n) is 6.01. The number of unbranched alkanes of at least 4 members (excludes halogenated alkanes) is 1. The van der Waals surface area contributed by atoms with Gasteiger partial charge in [-0.2, -0.15) is 0 Å². The molecule has 1 saturated carbocycles. The van der Waals surface area contributed by atoms with Crippen LogP contribution in [0.25, 0.3) is 11.0 Å². The molecule has 1 aromatic carbocycles. The van der Waals surface area contributed by atoms with Crippen molar-refractivity contribution in [3.63, 3.8) is 0 Å². The summed E-state index contributed by atoms with van der Waals surface area (Å²) in [6.45, 7) is 2.89. The second-order valence-corrected chi connectivity index (χ2v) is 6.01. The number of carbonyl (C=O) groups excluding carboxylic acids is 1. The Hall–Kier alpha value is -1.84. The van der Waals surface area contributed by atoms with Crippen molar-refractivity contribution in [1.29, 1.82) is 0 Å². The first-order valence-corrected chi connectivity index (χ1v) is 7.91. The van der Waals surface area contributed by atoms with Crippen molar-refractivity contribution in [2.24, 2.45) is 7.05 Å². The number of nitrogens with one attached hydrogen (secondary N) is 1. The summed E-state index contributed by atoms with van der Waals surface area (Å²) in [5.74, 6) is 1.93. The Morgan fingerprint density at radius 1 is 1.43 bits per heavy atom.